The van der Waals surface area contributed by atoms with E-state index in [1.807, 2.05) is 0 Å². The normalized spacial score (nSPS) is 15.2. The molecule has 1 amide bonds. The van der Waals surface area contributed by atoms with Gasteiger partial charge in [-0.25, -0.2) is 9.37 Å². The molecule has 3 aromatic rings. The molecule has 1 aromatic carbocycles. The number of rotatable bonds is 9. The molecule has 0 bridgehead atoms. The van der Waals surface area contributed by atoms with E-state index in [1.54, 1.807) is 13.0 Å². The van der Waals surface area contributed by atoms with Crippen LogP contribution in [-0.4, -0.2) is 56.4 Å². The minimum atomic E-state index is -3.55. The van der Waals surface area contributed by atoms with Crippen LogP contribution in [-0.2, 0) is 10.7 Å². The maximum atomic E-state index is 15.5. The van der Waals surface area contributed by atoms with E-state index in [4.69, 9.17) is 21.7 Å². The predicted octanol–water partition coefficient (Wildman–Crippen LogP) is 4.39. The molecule has 1 N–H and O–H groups in total. The molecule has 0 saturated carbocycles. The zero-order valence-electron chi connectivity index (χ0n) is 22.5. The number of fused-ring (bicyclic) bond motifs is 1. The van der Waals surface area contributed by atoms with Gasteiger partial charge >= 0.3 is 6.01 Å². The first-order chi connectivity index (χ1) is 19.4. The number of carbonyl (C=O) groups excluding carboxylic acids is 1. The third-order valence-electron chi connectivity index (χ3n) is 6.19. The number of carbonyl (C=O) groups is 1. The van der Waals surface area contributed by atoms with E-state index in [-0.39, 0.29) is 59.1 Å². The van der Waals surface area contributed by atoms with Crippen molar-refractivity contribution in [2.24, 2.45) is 0 Å². The highest BCUT2D eigenvalue weighted by Gasteiger charge is 2.51. The molecule has 0 aliphatic carbocycles. The number of aromatic nitrogens is 3. The van der Waals surface area contributed by atoms with Crippen LogP contribution in [0.4, 0.5) is 24.5 Å². The van der Waals surface area contributed by atoms with Crippen molar-refractivity contribution in [3.8, 4) is 18.0 Å². The van der Waals surface area contributed by atoms with Crippen LogP contribution in [0.1, 0.15) is 39.0 Å². The molecule has 1 saturated heterocycles. The first kappa shape index (κ1) is 29.6. The van der Waals surface area contributed by atoms with Crippen LogP contribution in [0.15, 0.2) is 36.5 Å². The minimum absolute atomic E-state index is 0.0634. The second-order valence-corrected chi connectivity index (χ2v) is 9.65. The van der Waals surface area contributed by atoms with E-state index in [0.717, 1.165) is 29.3 Å². The molecule has 4 rings (SSSR count). The lowest BCUT2D eigenvalue weighted by Crippen LogP contribution is -2.44. The summed E-state index contributed by atoms with van der Waals surface area (Å²) in [6.45, 7) is 5.91. The number of hydrogen-bond donors (Lipinski definition) is 1. The fraction of sp³-hybridized carbons (Fsp3) is 0.333. The summed E-state index contributed by atoms with van der Waals surface area (Å²) in [4.78, 5) is 28.1. The zero-order valence-corrected chi connectivity index (χ0v) is 23.3. The Kier molecular flexibility index (Phi) is 8.14. The number of alkyl halides is 2. The van der Waals surface area contributed by atoms with Gasteiger partial charge in [-0.2, -0.15) is 24.0 Å². The molecule has 0 atom stereocenters. The quantitative estimate of drug-likeness (QED) is 0.285. The number of hydrogen-bond acceptors (Lipinski definition) is 9. The molecule has 14 heteroatoms. The molecule has 41 heavy (non-hydrogen) atoms. The monoisotopic (exact) mass is 586 g/mol. The van der Waals surface area contributed by atoms with E-state index in [2.05, 4.69) is 15.0 Å². The van der Waals surface area contributed by atoms with Crippen molar-refractivity contribution in [3.05, 3.63) is 53.6 Å². The standard InChI is InChI=1S/C27H25F3N6O4S/c1-5-7-27(29,30)18-11-16(14-32-20(18)13-31)35-23(38)26(3,4)36(25(35)41)15-10-17-21(19(28)12-15)33-24(39-6-2)34-22(17)40-9-8-37/h5,7,10-12,14,37H,6,8-9H2,1-4H3/b7-5+. The van der Waals surface area contributed by atoms with Gasteiger partial charge < -0.3 is 19.5 Å². The Bertz CT molecular complexity index is 1610. The first-order valence-corrected chi connectivity index (χ1v) is 12.8. The Morgan fingerprint density at radius 1 is 1.22 bits per heavy atom. The number of pyridine rings is 1. The van der Waals surface area contributed by atoms with Crippen LogP contribution < -0.4 is 19.3 Å². The first-order valence-electron chi connectivity index (χ1n) is 12.4. The highest BCUT2D eigenvalue weighted by atomic mass is 32.1. The Morgan fingerprint density at radius 3 is 2.59 bits per heavy atom. The summed E-state index contributed by atoms with van der Waals surface area (Å²) in [6.07, 6.45) is 2.85. The summed E-state index contributed by atoms with van der Waals surface area (Å²) in [5.41, 5.74) is -2.71. The molecule has 1 aliphatic rings. The van der Waals surface area contributed by atoms with Gasteiger partial charge in [-0.15, -0.1) is 0 Å². The zero-order chi connectivity index (χ0) is 30.1. The number of thiocarbonyl (C=S) groups is 1. The lowest BCUT2D eigenvalue weighted by Gasteiger charge is -2.29. The Balaban J connectivity index is 1.86. The summed E-state index contributed by atoms with van der Waals surface area (Å²) in [7, 11) is 0. The maximum absolute atomic E-state index is 15.5. The Labute approximate surface area is 238 Å². The molecular formula is C27H25F3N6O4S. The van der Waals surface area contributed by atoms with Crippen LogP contribution in [0.5, 0.6) is 11.9 Å². The summed E-state index contributed by atoms with van der Waals surface area (Å²) >= 11 is 5.62. The van der Waals surface area contributed by atoms with E-state index >= 15 is 4.39 Å². The molecule has 0 radical (unpaired) electrons. The van der Waals surface area contributed by atoms with Crippen molar-refractivity contribution in [1.82, 2.24) is 15.0 Å². The van der Waals surface area contributed by atoms with Crippen LogP contribution in [0.2, 0.25) is 0 Å². The van der Waals surface area contributed by atoms with Crippen molar-refractivity contribution < 1.29 is 32.5 Å². The average Bonchev–Trinajstić information content (AvgIpc) is 3.10. The summed E-state index contributed by atoms with van der Waals surface area (Å²) in [6, 6.07) is 5.09. The number of ether oxygens (including phenoxy) is 2. The fourth-order valence-corrected chi connectivity index (χ4v) is 4.90. The molecule has 2 aromatic heterocycles. The second-order valence-electron chi connectivity index (χ2n) is 9.28. The van der Waals surface area contributed by atoms with Crippen molar-refractivity contribution in [1.29, 1.82) is 5.26 Å². The molecule has 214 valence electrons. The fourth-order valence-electron chi connectivity index (χ4n) is 4.38. The van der Waals surface area contributed by atoms with Gasteiger partial charge in [0.25, 0.3) is 11.8 Å². The van der Waals surface area contributed by atoms with Gasteiger partial charge in [0.1, 0.15) is 29.4 Å². The van der Waals surface area contributed by atoms with Gasteiger partial charge in [0.2, 0.25) is 5.88 Å². The van der Waals surface area contributed by atoms with Gasteiger partial charge in [-0.3, -0.25) is 9.69 Å². The van der Waals surface area contributed by atoms with Crippen molar-refractivity contribution >= 4 is 45.5 Å². The third kappa shape index (κ3) is 5.25. The average molecular weight is 587 g/mol. The van der Waals surface area contributed by atoms with Crippen LogP contribution in [0, 0.1) is 17.1 Å². The van der Waals surface area contributed by atoms with Crippen LogP contribution in [0.25, 0.3) is 10.9 Å². The lowest BCUT2D eigenvalue weighted by atomic mass is 10.0. The van der Waals surface area contributed by atoms with Crippen molar-refractivity contribution in [2.45, 2.75) is 39.2 Å². The molecule has 0 unspecified atom stereocenters. The number of aliphatic hydroxyl groups is 1. The van der Waals surface area contributed by atoms with Crippen molar-refractivity contribution in [2.75, 3.05) is 29.6 Å². The summed E-state index contributed by atoms with van der Waals surface area (Å²) < 4.78 is 56.0. The summed E-state index contributed by atoms with van der Waals surface area (Å²) in [5.74, 6) is -5.01. The number of aliphatic hydroxyl groups excluding tert-OH is 1. The van der Waals surface area contributed by atoms with Gasteiger partial charge in [0, 0.05) is 5.69 Å². The van der Waals surface area contributed by atoms with E-state index in [9.17, 15) is 23.9 Å². The third-order valence-corrected chi connectivity index (χ3v) is 6.55. The topological polar surface area (TPSA) is 125 Å². The van der Waals surface area contributed by atoms with Gasteiger partial charge in [0.15, 0.2) is 10.9 Å². The van der Waals surface area contributed by atoms with Crippen molar-refractivity contribution in [3.63, 3.8) is 0 Å². The molecule has 0 spiro atoms. The number of anilines is 2. The summed E-state index contributed by atoms with van der Waals surface area (Å²) in [5, 5.41) is 18.6. The number of allylic oxidation sites excluding steroid dienone is 2. The van der Waals surface area contributed by atoms with Crippen LogP contribution >= 0.6 is 12.2 Å². The second kappa shape index (κ2) is 11.3. The predicted molar refractivity (Wildman–Crippen MR) is 148 cm³/mol. The van der Waals surface area contributed by atoms with Gasteiger partial charge in [-0.1, -0.05) is 6.08 Å². The van der Waals surface area contributed by atoms with E-state index in [1.165, 1.54) is 31.7 Å². The number of nitriles is 1. The maximum Gasteiger partial charge on any atom is 0.320 e. The highest BCUT2D eigenvalue weighted by molar-refractivity contribution is 7.81. The molecule has 10 nitrogen and oxygen atoms in total. The highest BCUT2D eigenvalue weighted by Crippen LogP contribution is 2.41. The molecule has 3 heterocycles. The largest absolute Gasteiger partial charge is 0.475 e. The minimum Gasteiger partial charge on any atom is -0.475 e. The molecular weight excluding hydrogens is 561 g/mol. The number of halogens is 3. The molecule has 1 fully saturated rings. The van der Waals surface area contributed by atoms with Gasteiger partial charge in [-0.05, 0) is 64.2 Å². The lowest BCUT2D eigenvalue weighted by molar-refractivity contribution is -0.120. The SMILES string of the molecule is C/C=C/C(F)(F)c1cc(N2C(=O)C(C)(C)N(c3cc(F)c4nc(OCC)nc(OCCO)c4c3)C2=S)cnc1C#N. The van der Waals surface area contributed by atoms with E-state index in [0.29, 0.717) is 6.08 Å². The van der Waals surface area contributed by atoms with Gasteiger partial charge in [0.05, 0.1) is 36.0 Å². The molecule has 1 aliphatic heterocycles. The smallest absolute Gasteiger partial charge is 0.320 e. The number of nitrogens with zero attached hydrogens (tertiary/aromatic N) is 6. The van der Waals surface area contributed by atoms with Crippen LogP contribution in [0.3, 0.4) is 0 Å². The van der Waals surface area contributed by atoms with E-state index < -0.39 is 34.4 Å². The number of amides is 1. The Hall–Kier alpha value is -4.35. The Morgan fingerprint density at radius 2 is 1.95 bits per heavy atom. The number of benzene rings is 1.